The third-order valence-corrected chi connectivity index (χ3v) is 12.0. The predicted molar refractivity (Wildman–Crippen MR) is 189 cm³/mol. The van der Waals surface area contributed by atoms with Crippen LogP contribution in [0.15, 0.2) is 67.3 Å². The molecule has 1 saturated heterocycles. The van der Waals surface area contributed by atoms with Crippen LogP contribution in [0.4, 0.5) is 10.5 Å². The molecule has 3 saturated carbocycles. The Hall–Kier alpha value is -4.39. The van der Waals surface area contributed by atoms with Crippen LogP contribution in [-0.2, 0) is 29.1 Å². The second kappa shape index (κ2) is 13.7. The third-order valence-electron chi connectivity index (χ3n) is 10.2. The van der Waals surface area contributed by atoms with Crippen LogP contribution in [0.1, 0.15) is 65.7 Å². The molecule has 13 heteroatoms. The molecular weight excluding hydrogens is 659 g/mol. The number of hydrogen-bond donors (Lipinski definition) is 3. The molecule has 268 valence electrons. The van der Waals surface area contributed by atoms with Gasteiger partial charge in [0.1, 0.15) is 23.7 Å². The number of rotatable bonds is 11. The molecule has 6 rings (SSSR count). The van der Waals surface area contributed by atoms with Crippen molar-refractivity contribution in [2.45, 2.75) is 94.7 Å². The summed E-state index contributed by atoms with van der Waals surface area (Å²) in [5.41, 5.74) is 0.474. The number of nitrogens with one attached hydrogen (secondary N) is 3. The van der Waals surface area contributed by atoms with Gasteiger partial charge in [-0.1, -0.05) is 69.3 Å². The van der Waals surface area contributed by atoms with Gasteiger partial charge in [0, 0.05) is 18.2 Å². The van der Waals surface area contributed by atoms with Crippen molar-refractivity contribution in [3.05, 3.63) is 67.3 Å². The summed E-state index contributed by atoms with van der Waals surface area (Å²) >= 11 is 0. The topological polar surface area (TPSA) is 154 Å². The number of sulfonamides is 1. The van der Waals surface area contributed by atoms with Crippen molar-refractivity contribution in [1.82, 2.24) is 20.3 Å². The molecule has 0 radical (unpaired) electrons. The van der Waals surface area contributed by atoms with Crippen LogP contribution >= 0.6 is 0 Å². The number of carbonyl (C=O) groups excluding carboxylic acids is 4. The van der Waals surface area contributed by atoms with Crippen molar-refractivity contribution in [1.29, 1.82) is 0 Å². The molecule has 1 aliphatic heterocycles. The highest BCUT2D eigenvalue weighted by molar-refractivity contribution is 7.91. The van der Waals surface area contributed by atoms with Gasteiger partial charge < -0.3 is 25.2 Å². The lowest BCUT2D eigenvalue weighted by atomic mass is 9.85. The quantitative estimate of drug-likeness (QED) is 0.296. The first-order valence-corrected chi connectivity index (χ1v) is 18.9. The van der Waals surface area contributed by atoms with E-state index >= 15 is 0 Å². The van der Waals surface area contributed by atoms with E-state index in [1.807, 2.05) is 80.3 Å². The smallest absolute Gasteiger partial charge is 0.408 e. The lowest BCUT2D eigenvalue weighted by Gasteiger charge is -2.35. The lowest BCUT2D eigenvalue weighted by Crippen LogP contribution is -2.60. The highest BCUT2D eigenvalue weighted by Gasteiger charge is 2.62. The predicted octanol–water partition coefficient (Wildman–Crippen LogP) is 4.08. The first-order chi connectivity index (χ1) is 23.7. The number of benzene rings is 2. The molecule has 0 spiro atoms. The third kappa shape index (κ3) is 7.52. The Labute approximate surface area is 294 Å². The highest BCUT2D eigenvalue weighted by Crippen LogP contribution is 2.45. The van der Waals surface area contributed by atoms with Crippen LogP contribution in [0.25, 0.3) is 11.1 Å². The van der Waals surface area contributed by atoms with Crippen LogP contribution in [0.3, 0.4) is 0 Å². The molecule has 4 amide bonds. The van der Waals surface area contributed by atoms with Gasteiger partial charge in [0.2, 0.25) is 21.8 Å². The van der Waals surface area contributed by atoms with Crippen molar-refractivity contribution in [3.63, 3.8) is 0 Å². The molecule has 0 aromatic heterocycles. The minimum Gasteiger partial charge on any atom is -0.446 e. The van der Waals surface area contributed by atoms with Crippen LogP contribution in [0.5, 0.6) is 0 Å². The maximum absolute atomic E-state index is 14.5. The number of hydrogen-bond acceptors (Lipinski definition) is 8. The molecule has 3 N–H and O–H groups in total. The van der Waals surface area contributed by atoms with Gasteiger partial charge in [-0.3, -0.25) is 19.1 Å². The SMILES string of the molecule is C=C[C@@H]1C[C@]1(NC(=O)[C@@H]1CN(c2cccc(-c3ccccc3)c2)CN1C(=O)[C@@H](NC(=O)OC1CCCC1)C(C)(C)C)C(=O)NS(=O)(=O)C1CC1. The average Bonchev–Trinajstić information content (AvgIpc) is 3.96. The Morgan fingerprint density at radius 1 is 0.980 bits per heavy atom. The summed E-state index contributed by atoms with van der Waals surface area (Å²) in [6.07, 6.45) is 5.27. The van der Waals surface area contributed by atoms with E-state index in [0.717, 1.165) is 42.5 Å². The molecule has 2 aromatic rings. The highest BCUT2D eigenvalue weighted by atomic mass is 32.2. The van der Waals surface area contributed by atoms with E-state index in [1.165, 1.54) is 11.0 Å². The first kappa shape index (κ1) is 35.4. The Bertz CT molecular complexity index is 1750. The molecule has 50 heavy (non-hydrogen) atoms. The zero-order chi connectivity index (χ0) is 35.8. The maximum Gasteiger partial charge on any atom is 0.408 e. The van der Waals surface area contributed by atoms with Crippen LogP contribution in [-0.4, -0.2) is 79.3 Å². The number of amides is 4. The van der Waals surface area contributed by atoms with Crippen LogP contribution in [0, 0.1) is 11.3 Å². The van der Waals surface area contributed by atoms with E-state index in [9.17, 15) is 27.6 Å². The van der Waals surface area contributed by atoms with Gasteiger partial charge >= 0.3 is 6.09 Å². The van der Waals surface area contributed by atoms with Crippen molar-refractivity contribution in [2.75, 3.05) is 18.1 Å². The van der Waals surface area contributed by atoms with E-state index < -0.39 is 68.0 Å². The lowest BCUT2D eigenvalue weighted by molar-refractivity contribution is -0.142. The number of nitrogens with zero attached hydrogens (tertiary/aromatic N) is 2. The fraction of sp³-hybridized carbons (Fsp3) is 0.514. The molecule has 0 unspecified atom stereocenters. The molecule has 1 heterocycles. The van der Waals surface area contributed by atoms with Crippen LogP contribution < -0.4 is 20.3 Å². The van der Waals surface area contributed by atoms with Crippen molar-refractivity contribution < 1.29 is 32.3 Å². The number of ether oxygens (including phenoxy) is 1. The number of anilines is 1. The van der Waals surface area contributed by atoms with Crippen molar-refractivity contribution in [3.8, 4) is 11.1 Å². The average molecular weight is 706 g/mol. The number of carbonyl (C=O) groups is 4. The Balaban J connectivity index is 1.28. The standard InChI is InChI=1S/C37H47N5O7S/c1-5-26-21-37(26,34(45)40-50(47,48)29-18-19-29)39-32(43)30-22-41(27-15-11-14-25(20-27)24-12-7-6-8-13-24)23-42(30)33(44)31(36(2,3)4)38-35(46)49-28-16-9-10-17-28/h5-8,11-15,20,26,28-31H,1,9-10,16-19,21-23H2,2-4H3,(H,38,46)(H,39,43)(H,40,45)/t26-,30+,31-,37-/m1/s1. The zero-order valence-electron chi connectivity index (χ0n) is 28.9. The molecule has 4 fully saturated rings. The van der Waals surface area contributed by atoms with Crippen molar-refractivity contribution in [2.24, 2.45) is 11.3 Å². The minimum absolute atomic E-state index is 0.0290. The summed E-state index contributed by atoms with van der Waals surface area (Å²) in [4.78, 5) is 58.7. The van der Waals surface area contributed by atoms with Crippen LogP contribution in [0.2, 0.25) is 0 Å². The summed E-state index contributed by atoms with van der Waals surface area (Å²) in [7, 11) is -3.87. The van der Waals surface area contributed by atoms with Gasteiger partial charge in [0.05, 0.1) is 11.9 Å². The van der Waals surface area contributed by atoms with Gasteiger partial charge in [-0.2, -0.15) is 0 Å². The van der Waals surface area contributed by atoms with E-state index in [0.29, 0.717) is 12.8 Å². The van der Waals surface area contributed by atoms with Gasteiger partial charge in [-0.25, -0.2) is 13.2 Å². The Morgan fingerprint density at radius 3 is 2.28 bits per heavy atom. The van der Waals surface area contributed by atoms with Gasteiger partial charge in [0.25, 0.3) is 5.91 Å². The van der Waals surface area contributed by atoms with Gasteiger partial charge in [-0.15, -0.1) is 6.58 Å². The molecule has 4 aliphatic rings. The monoisotopic (exact) mass is 705 g/mol. The fourth-order valence-electron chi connectivity index (χ4n) is 6.94. The largest absolute Gasteiger partial charge is 0.446 e. The normalized spacial score (nSPS) is 24.3. The van der Waals surface area contributed by atoms with E-state index in [1.54, 1.807) is 0 Å². The van der Waals surface area contributed by atoms with Gasteiger partial charge in [0.15, 0.2) is 0 Å². The first-order valence-electron chi connectivity index (χ1n) is 17.4. The van der Waals surface area contributed by atoms with E-state index in [2.05, 4.69) is 21.9 Å². The Morgan fingerprint density at radius 2 is 1.66 bits per heavy atom. The fourth-order valence-corrected chi connectivity index (χ4v) is 8.30. The number of alkyl carbamates (subject to hydrolysis) is 1. The van der Waals surface area contributed by atoms with E-state index in [-0.39, 0.29) is 25.7 Å². The van der Waals surface area contributed by atoms with Gasteiger partial charge in [-0.05, 0) is 73.6 Å². The molecular formula is C37H47N5O7S. The minimum atomic E-state index is -3.87. The second-order valence-electron chi connectivity index (χ2n) is 15.0. The summed E-state index contributed by atoms with van der Waals surface area (Å²) in [6.45, 7) is 9.40. The Kier molecular flexibility index (Phi) is 9.73. The second-order valence-corrected chi connectivity index (χ2v) is 17.0. The summed E-state index contributed by atoms with van der Waals surface area (Å²) < 4.78 is 33.2. The maximum atomic E-state index is 14.5. The molecule has 0 bridgehead atoms. The summed E-state index contributed by atoms with van der Waals surface area (Å²) in [5, 5.41) is 5.01. The molecule has 12 nitrogen and oxygen atoms in total. The van der Waals surface area contributed by atoms with Crippen molar-refractivity contribution >= 4 is 39.5 Å². The van der Waals surface area contributed by atoms with E-state index in [4.69, 9.17) is 4.74 Å². The molecule has 3 aliphatic carbocycles. The summed E-state index contributed by atoms with van der Waals surface area (Å²) in [5.74, 6) is -2.38. The zero-order valence-corrected chi connectivity index (χ0v) is 29.7. The molecule has 2 aromatic carbocycles. The summed E-state index contributed by atoms with van der Waals surface area (Å²) in [6, 6.07) is 15.5. The molecule has 4 atom stereocenters.